The van der Waals surface area contributed by atoms with Crippen molar-refractivity contribution in [2.24, 2.45) is 0 Å². The average molecular weight is 581 g/mol. The molecule has 11 nitrogen and oxygen atoms in total. The number of carbonyl (C=O) groups is 2. The summed E-state index contributed by atoms with van der Waals surface area (Å²) in [5.74, 6) is 1.31. The number of aryl methyl sites for hydroxylation is 1. The van der Waals surface area contributed by atoms with Gasteiger partial charge in [0.25, 0.3) is 5.91 Å². The van der Waals surface area contributed by atoms with Gasteiger partial charge < -0.3 is 38.9 Å². The van der Waals surface area contributed by atoms with Gasteiger partial charge in [0.05, 0.1) is 5.69 Å². The third-order valence-corrected chi connectivity index (χ3v) is 8.06. The molecule has 4 aromatic rings. The predicted molar refractivity (Wildman–Crippen MR) is 157 cm³/mol. The van der Waals surface area contributed by atoms with E-state index < -0.39 is 6.09 Å². The summed E-state index contributed by atoms with van der Waals surface area (Å²) in [4.78, 5) is 40.4. The molecule has 1 atom stereocenters. The Balaban J connectivity index is 1.34. The number of hydrogen-bond donors (Lipinski definition) is 2. The maximum atomic E-state index is 13.9. The summed E-state index contributed by atoms with van der Waals surface area (Å²) in [6, 6.07) is 9.22. The number of oxazole rings is 1. The van der Waals surface area contributed by atoms with Gasteiger partial charge in [-0.15, -0.1) is 11.6 Å². The van der Waals surface area contributed by atoms with E-state index in [0.29, 0.717) is 54.6 Å². The van der Waals surface area contributed by atoms with Gasteiger partial charge in [0.1, 0.15) is 23.6 Å². The Labute approximate surface area is 242 Å². The standard InChI is InChI=1S/C29H33ClN6O5/c1-17-32-26-25-19(15-30)16-36(28(37)22-13-18-12-20(39-11-6-31-2)4-5-21(18)33-22)23(25)14-24(27(26)40-17)41-29(38)35-9-7-34(3)8-10-35/h4-5,12-14,19,31,33H,6-11,15-16H2,1-3H3. The van der Waals surface area contributed by atoms with Crippen LogP contribution in [-0.4, -0.2) is 97.6 Å². The molecule has 1 saturated heterocycles. The average Bonchev–Trinajstić information content (AvgIpc) is 3.67. The summed E-state index contributed by atoms with van der Waals surface area (Å²) in [6.45, 7) is 6.06. The number of alkyl halides is 1. The fraction of sp³-hybridized carbons (Fsp3) is 0.414. The van der Waals surface area contributed by atoms with Gasteiger partial charge in [-0.2, -0.15) is 0 Å². The van der Waals surface area contributed by atoms with E-state index in [2.05, 4.69) is 20.2 Å². The molecule has 2 aromatic carbocycles. The van der Waals surface area contributed by atoms with E-state index in [1.54, 1.807) is 22.8 Å². The number of fused-ring (bicyclic) bond motifs is 4. The second-order valence-electron chi connectivity index (χ2n) is 10.5. The minimum Gasteiger partial charge on any atom is -0.492 e. The normalized spacial score (nSPS) is 17.4. The number of aromatic nitrogens is 2. The lowest BCUT2D eigenvalue weighted by Crippen LogP contribution is -2.48. The molecule has 6 rings (SSSR count). The van der Waals surface area contributed by atoms with Gasteiger partial charge in [-0.1, -0.05) is 0 Å². The fourth-order valence-corrected chi connectivity index (χ4v) is 5.73. The molecular weight excluding hydrogens is 548 g/mol. The van der Waals surface area contributed by atoms with Crippen molar-refractivity contribution in [3.63, 3.8) is 0 Å². The van der Waals surface area contributed by atoms with Crippen molar-refractivity contribution in [3.8, 4) is 11.5 Å². The van der Waals surface area contributed by atoms with Crippen LogP contribution in [0.5, 0.6) is 11.5 Å². The molecule has 2 aliphatic heterocycles. The van der Waals surface area contributed by atoms with Crippen LogP contribution in [0, 0.1) is 6.92 Å². The topological polar surface area (TPSA) is 116 Å². The molecule has 216 valence electrons. The molecule has 2 aliphatic rings. The molecule has 2 aromatic heterocycles. The summed E-state index contributed by atoms with van der Waals surface area (Å²) in [5.41, 5.74) is 3.62. The first-order valence-corrected chi connectivity index (χ1v) is 14.3. The number of nitrogens with one attached hydrogen (secondary N) is 2. The molecule has 12 heteroatoms. The third kappa shape index (κ3) is 5.20. The number of benzene rings is 2. The number of H-pyrrole nitrogens is 1. The Morgan fingerprint density at radius 1 is 1.20 bits per heavy atom. The van der Waals surface area contributed by atoms with Crippen molar-refractivity contribution in [3.05, 3.63) is 47.5 Å². The molecule has 2 amide bonds. The van der Waals surface area contributed by atoms with Gasteiger partial charge in [-0.3, -0.25) is 4.79 Å². The number of aromatic amines is 1. The van der Waals surface area contributed by atoms with Gasteiger partial charge in [0.15, 0.2) is 17.2 Å². The lowest BCUT2D eigenvalue weighted by Gasteiger charge is -2.31. The number of carbonyl (C=O) groups excluding carboxylic acids is 2. The molecular formula is C29H33ClN6O5. The zero-order chi connectivity index (χ0) is 28.7. The zero-order valence-electron chi connectivity index (χ0n) is 23.3. The first-order chi connectivity index (χ1) is 19.9. The van der Waals surface area contributed by atoms with E-state index in [1.807, 2.05) is 38.4 Å². The Kier molecular flexibility index (Phi) is 7.50. The molecule has 0 spiro atoms. The van der Waals surface area contributed by atoms with Crippen LogP contribution in [-0.2, 0) is 0 Å². The maximum absolute atomic E-state index is 13.9. The van der Waals surface area contributed by atoms with Gasteiger partial charge in [0.2, 0.25) is 0 Å². The highest BCUT2D eigenvalue weighted by molar-refractivity contribution is 6.19. The van der Waals surface area contributed by atoms with Crippen LogP contribution in [0.15, 0.2) is 34.7 Å². The minimum atomic E-state index is -0.457. The third-order valence-electron chi connectivity index (χ3n) is 7.69. The highest BCUT2D eigenvalue weighted by Gasteiger charge is 2.38. The van der Waals surface area contributed by atoms with Crippen molar-refractivity contribution >= 4 is 51.3 Å². The Hall–Kier alpha value is -3.80. The van der Waals surface area contributed by atoms with Crippen LogP contribution in [0.3, 0.4) is 0 Å². The number of likely N-dealkylation sites (N-methyl/N-ethyl adjacent to an activating group) is 2. The van der Waals surface area contributed by atoms with Crippen LogP contribution >= 0.6 is 11.6 Å². The molecule has 0 aliphatic carbocycles. The first-order valence-electron chi connectivity index (χ1n) is 13.7. The Morgan fingerprint density at radius 2 is 2.00 bits per heavy atom. The molecule has 0 radical (unpaired) electrons. The summed E-state index contributed by atoms with van der Waals surface area (Å²) in [5, 5.41) is 3.92. The second-order valence-corrected chi connectivity index (χ2v) is 10.8. The smallest absolute Gasteiger partial charge is 0.415 e. The van der Waals surface area contributed by atoms with Crippen molar-refractivity contribution in [1.29, 1.82) is 0 Å². The quantitative estimate of drug-likeness (QED) is 0.249. The molecule has 41 heavy (non-hydrogen) atoms. The number of ether oxygens (including phenoxy) is 2. The van der Waals surface area contributed by atoms with E-state index in [9.17, 15) is 9.59 Å². The van der Waals surface area contributed by atoms with Crippen LogP contribution < -0.4 is 19.7 Å². The first kappa shape index (κ1) is 27.4. The number of piperazine rings is 1. The number of hydrogen-bond acceptors (Lipinski definition) is 8. The van der Waals surface area contributed by atoms with Gasteiger partial charge >= 0.3 is 6.09 Å². The van der Waals surface area contributed by atoms with Crippen LogP contribution in [0.4, 0.5) is 10.5 Å². The predicted octanol–water partition coefficient (Wildman–Crippen LogP) is 3.94. The summed E-state index contributed by atoms with van der Waals surface area (Å²) in [6.07, 6.45) is -0.457. The molecule has 1 fully saturated rings. The fourth-order valence-electron chi connectivity index (χ4n) is 5.47. The number of nitrogens with zero attached hydrogens (tertiary/aromatic N) is 4. The van der Waals surface area contributed by atoms with Gasteiger partial charge in [0, 0.05) is 80.5 Å². The lowest BCUT2D eigenvalue weighted by atomic mass is 10.0. The number of halogens is 1. The molecule has 1 unspecified atom stereocenters. The lowest BCUT2D eigenvalue weighted by molar-refractivity contribution is 0.0984. The number of amides is 2. The van der Waals surface area contributed by atoms with Crippen molar-refractivity contribution in [2.75, 3.05) is 70.8 Å². The molecule has 0 saturated carbocycles. The van der Waals surface area contributed by atoms with Crippen molar-refractivity contribution in [1.82, 2.24) is 25.1 Å². The van der Waals surface area contributed by atoms with Gasteiger partial charge in [-0.25, -0.2) is 9.78 Å². The molecule has 2 N–H and O–H groups in total. The summed E-state index contributed by atoms with van der Waals surface area (Å²) in [7, 11) is 3.89. The summed E-state index contributed by atoms with van der Waals surface area (Å²) >= 11 is 6.41. The Bertz CT molecular complexity index is 1610. The molecule has 0 bridgehead atoms. The van der Waals surface area contributed by atoms with Crippen LogP contribution in [0.25, 0.3) is 22.0 Å². The SMILES string of the molecule is CNCCOc1ccc2[nH]c(C(=O)N3CC(CCl)c4c3cc(OC(=O)N3CCN(C)CC3)c3oc(C)nc43)cc2c1. The highest BCUT2D eigenvalue weighted by Crippen LogP contribution is 2.46. The number of anilines is 1. The van der Waals surface area contributed by atoms with E-state index >= 15 is 0 Å². The molecule has 4 heterocycles. The van der Waals surface area contributed by atoms with Crippen LogP contribution in [0.1, 0.15) is 27.9 Å². The largest absolute Gasteiger partial charge is 0.492 e. The maximum Gasteiger partial charge on any atom is 0.415 e. The van der Waals surface area contributed by atoms with Crippen molar-refractivity contribution < 1.29 is 23.5 Å². The van der Waals surface area contributed by atoms with Crippen LogP contribution in [0.2, 0.25) is 0 Å². The Morgan fingerprint density at radius 3 is 2.76 bits per heavy atom. The number of rotatable bonds is 7. The second kappa shape index (κ2) is 11.2. The van der Waals surface area contributed by atoms with E-state index in [0.717, 1.165) is 41.9 Å². The van der Waals surface area contributed by atoms with E-state index in [-0.39, 0.29) is 23.5 Å². The highest BCUT2D eigenvalue weighted by atomic mass is 35.5. The monoisotopic (exact) mass is 580 g/mol. The van der Waals surface area contributed by atoms with Gasteiger partial charge in [-0.05, 0) is 38.4 Å². The summed E-state index contributed by atoms with van der Waals surface area (Å²) < 4.78 is 17.6. The van der Waals surface area contributed by atoms with E-state index in [4.69, 9.17) is 25.5 Å². The van der Waals surface area contributed by atoms with Crippen molar-refractivity contribution in [2.45, 2.75) is 12.8 Å². The zero-order valence-corrected chi connectivity index (χ0v) is 24.1. The van der Waals surface area contributed by atoms with E-state index in [1.165, 1.54) is 0 Å². The minimum absolute atomic E-state index is 0.165.